The number of nitrogens with one attached hydrogen (secondary N) is 1. The molecule has 2 aliphatic rings. The van der Waals surface area contributed by atoms with Crippen molar-refractivity contribution in [2.24, 2.45) is 5.16 Å². The predicted octanol–water partition coefficient (Wildman–Crippen LogP) is 0.207. The van der Waals surface area contributed by atoms with E-state index in [0.29, 0.717) is 0 Å². The molecule has 0 saturated carbocycles. The quantitative estimate of drug-likeness (QED) is 0.752. The molecule has 2 atom stereocenters. The van der Waals surface area contributed by atoms with Gasteiger partial charge in [0.2, 0.25) is 6.10 Å². The topological polar surface area (TPSA) is 91.2 Å². The molecule has 1 saturated heterocycles. The number of carboxylic acids is 1. The molecular weight excluding hydrogens is 262 g/mol. The Morgan fingerprint density at radius 2 is 2.15 bits per heavy atom. The largest absolute Gasteiger partial charge is 0.477 e. The molecule has 0 spiro atoms. The summed E-state index contributed by atoms with van der Waals surface area (Å²) in [5.41, 5.74) is -0.103. The molecule has 2 N–H and O–H groups in total. The van der Waals surface area contributed by atoms with Gasteiger partial charge in [-0.3, -0.25) is 4.79 Å². The summed E-state index contributed by atoms with van der Waals surface area (Å²) >= 11 is 0. The second-order valence-corrected chi connectivity index (χ2v) is 5.41. The van der Waals surface area contributed by atoms with Gasteiger partial charge in [0.15, 0.2) is 5.71 Å². The average molecular weight is 283 g/mol. The van der Waals surface area contributed by atoms with Crippen LogP contribution in [0.15, 0.2) is 5.16 Å². The van der Waals surface area contributed by atoms with Crippen molar-refractivity contribution >= 4 is 17.6 Å². The average Bonchev–Trinajstić information content (AvgIpc) is 2.89. The molecule has 0 aromatic rings. The van der Waals surface area contributed by atoms with Crippen molar-refractivity contribution in [2.45, 2.75) is 44.8 Å². The van der Waals surface area contributed by atoms with Gasteiger partial charge in [-0.05, 0) is 32.9 Å². The van der Waals surface area contributed by atoms with E-state index in [-0.39, 0.29) is 24.1 Å². The highest BCUT2D eigenvalue weighted by atomic mass is 16.6. The minimum Gasteiger partial charge on any atom is -0.477 e. The molecular formula is C13H21N3O4. The first kappa shape index (κ1) is 14.8. The first-order valence-electron chi connectivity index (χ1n) is 7.05. The summed E-state index contributed by atoms with van der Waals surface area (Å²) in [7, 11) is 0. The molecule has 0 aliphatic carbocycles. The summed E-state index contributed by atoms with van der Waals surface area (Å²) in [4.78, 5) is 29.8. The van der Waals surface area contributed by atoms with E-state index in [0.717, 1.165) is 19.6 Å². The monoisotopic (exact) mass is 283 g/mol. The number of rotatable bonds is 5. The number of hydrogen-bond donors (Lipinski definition) is 2. The van der Waals surface area contributed by atoms with Crippen LogP contribution in [0.2, 0.25) is 0 Å². The zero-order valence-corrected chi connectivity index (χ0v) is 11.7. The van der Waals surface area contributed by atoms with Gasteiger partial charge in [-0.15, -0.1) is 0 Å². The second kappa shape index (κ2) is 6.69. The molecule has 2 rings (SSSR count). The van der Waals surface area contributed by atoms with Gasteiger partial charge in [0.1, 0.15) is 0 Å². The van der Waals surface area contributed by atoms with Crippen molar-refractivity contribution in [3.05, 3.63) is 0 Å². The van der Waals surface area contributed by atoms with Crippen LogP contribution < -0.4 is 5.32 Å². The molecule has 20 heavy (non-hydrogen) atoms. The van der Waals surface area contributed by atoms with Gasteiger partial charge < -0.3 is 20.2 Å². The number of aliphatic carboxylic acids is 1. The molecule has 0 aromatic heterocycles. The van der Waals surface area contributed by atoms with E-state index in [9.17, 15) is 9.59 Å². The molecule has 1 amide bonds. The van der Waals surface area contributed by atoms with E-state index in [2.05, 4.69) is 15.4 Å². The van der Waals surface area contributed by atoms with Crippen LogP contribution in [0.5, 0.6) is 0 Å². The van der Waals surface area contributed by atoms with Crippen molar-refractivity contribution in [1.29, 1.82) is 0 Å². The Morgan fingerprint density at radius 1 is 1.45 bits per heavy atom. The van der Waals surface area contributed by atoms with Crippen LogP contribution in [-0.4, -0.2) is 59.4 Å². The van der Waals surface area contributed by atoms with Crippen molar-refractivity contribution in [3.63, 3.8) is 0 Å². The smallest absolute Gasteiger partial charge is 0.353 e. The van der Waals surface area contributed by atoms with E-state index in [1.165, 1.54) is 19.3 Å². The fourth-order valence-corrected chi connectivity index (χ4v) is 2.56. The van der Waals surface area contributed by atoms with E-state index in [1.807, 2.05) is 6.92 Å². The van der Waals surface area contributed by atoms with Crippen molar-refractivity contribution in [1.82, 2.24) is 10.2 Å². The van der Waals surface area contributed by atoms with Gasteiger partial charge in [0, 0.05) is 19.0 Å². The van der Waals surface area contributed by atoms with Crippen LogP contribution >= 0.6 is 0 Å². The van der Waals surface area contributed by atoms with Crippen LogP contribution in [0.4, 0.5) is 0 Å². The van der Waals surface area contributed by atoms with E-state index in [4.69, 9.17) is 9.94 Å². The number of carbonyl (C=O) groups excluding carboxylic acids is 1. The lowest BCUT2D eigenvalue weighted by Crippen LogP contribution is -2.46. The normalized spacial score (nSPS) is 24.6. The van der Waals surface area contributed by atoms with Crippen molar-refractivity contribution in [2.75, 3.05) is 19.6 Å². The molecule has 112 valence electrons. The molecule has 7 heteroatoms. The Labute approximate surface area is 117 Å². The zero-order valence-electron chi connectivity index (χ0n) is 11.7. The number of likely N-dealkylation sites (tertiary alicyclic amines) is 1. The van der Waals surface area contributed by atoms with E-state index >= 15 is 0 Å². The maximum absolute atomic E-state index is 11.9. The highest BCUT2D eigenvalue weighted by Gasteiger charge is 2.32. The summed E-state index contributed by atoms with van der Waals surface area (Å²) in [6, 6.07) is 0.0121. The maximum atomic E-state index is 11.9. The summed E-state index contributed by atoms with van der Waals surface area (Å²) in [5, 5.41) is 15.0. The van der Waals surface area contributed by atoms with Crippen LogP contribution in [0.1, 0.15) is 32.6 Å². The molecule has 1 fully saturated rings. The van der Waals surface area contributed by atoms with Gasteiger partial charge in [-0.1, -0.05) is 11.6 Å². The number of nitrogens with zero attached hydrogens (tertiary/aromatic N) is 2. The van der Waals surface area contributed by atoms with Gasteiger partial charge in [0.05, 0.1) is 0 Å². The molecule has 0 radical (unpaired) electrons. The standard InChI is InChI=1S/C13H21N3O4/c1-9(8-16-5-3-2-4-6-16)14-12(17)11-7-10(13(18)19)15-20-11/h9,11H,2-8H2,1H3,(H,14,17)(H,18,19). The number of piperidine rings is 1. The summed E-state index contributed by atoms with van der Waals surface area (Å²) in [6.07, 6.45) is 2.91. The minimum absolute atomic E-state index is 0.0121. The first-order chi connectivity index (χ1) is 9.56. The lowest BCUT2D eigenvalue weighted by Gasteiger charge is -2.29. The Bertz CT molecular complexity index is 404. The van der Waals surface area contributed by atoms with Gasteiger partial charge in [0.25, 0.3) is 5.91 Å². The lowest BCUT2D eigenvalue weighted by molar-refractivity contribution is -0.132. The van der Waals surface area contributed by atoms with Crippen LogP contribution in [0.25, 0.3) is 0 Å². The number of oxime groups is 1. The fraction of sp³-hybridized carbons (Fsp3) is 0.769. The Hall–Kier alpha value is -1.63. The number of carboxylic acid groups (broad SMARTS) is 1. The highest BCUT2D eigenvalue weighted by molar-refractivity contribution is 6.36. The Morgan fingerprint density at radius 3 is 2.75 bits per heavy atom. The second-order valence-electron chi connectivity index (χ2n) is 5.41. The lowest BCUT2D eigenvalue weighted by atomic mass is 10.1. The fourth-order valence-electron chi connectivity index (χ4n) is 2.56. The highest BCUT2D eigenvalue weighted by Crippen LogP contribution is 2.12. The molecule has 0 aromatic carbocycles. The van der Waals surface area contributed by atoms with Crippen molar-refractivity contribution in [3.8, 4) is 0 Å². The molecule has 0 bridgehead atoms. The third kappa shape index (κ3) is 3.93. The molecule has 2 aliphatic heterocycles. The Kier molecular flexibility index (Phi) is 4.94. The first-order valence-corrected chi connectivity index (χ1v) is 7.05. The molecule has 2 unspecified atom stereocenters. The SMILES string of the molecule is CC(CN1CCCCC1)NC(=O)C1CC(C(=O)O)=NO1. The summed E-state index contributed by atoms with van der Waals surface area (Å²) in [5.74, 6) is -1.43. The van der Waals surface area contributed by atoms with Crippen molar-refractivity contribution < 1.29 is 19.5 Å². The number of carbonyl (C=O) groups is 2. The van der Waals surface area contributed by atoms with E-state index in [1.54, 1.807) is 0 Å². The summed E-state index contributed by atoms with van der Waals surface area (Å²) < 4.78 is 0. The van der Waals surface area contributed by atoms with Crippen LogP contribution in [0.3, 0.4) is 0 Å². The third-order valence-corrected chi connectivity index (χ3v) is 3.58. The molecule has 2 heterocycles. The van der Waals surface area contributed by atoms with Crippen LogP contribution in [0, 0.1) is 0 Å². The summed E-state index contributed by atoms with van der Waals surface area (Å²) in [6.45, 7) is 4.91. The van der Waals surface area contributed by atoms with Gasteiger partial charge in [-0.25, -0.2) is 4.79 Å². The predicted molar refractivity (Wildman–Crippen MR) is 72.5 cm³/mol. The minimum atomic E-state index is -1.14. The van der Waals surface area contributed by atoms with Gasteiger partial charge >= 0.3 is 5.97 Å². The van der Waals surface area contributed by atoms with Crippen LogP contribution in [-0.2, 0) is 14.4 Å². The molecule has 7 nitrogen and oxygen atoms in total. The number of amides is 1. The third-order valence-electron chi connectivity index (χ3n) is 3.58. The maximum Gasteiger partial charge on any atom is 0.353 e. The zero-order chi connectivity index (χ0) is 14.5. The number of hydrogen-bond acceptors (Lipinski definition) is 5. The van der Waals surface area contributed by atoms with E-state index < -0.39 is 12.1 Å². The Balaban J connectivity index is 1.73. The van der Waals surface area contributed by atoms with Gasteiger partial charge in [-0.2, -0.15) is 0 Å².